The Morgan fingerprint density at radius 3 is 2.56 bits per heavy atom. The second-order valence-corrected chi connectivity index (χ2v) is 8.85. The van der Waals surface area contributed by atoms with Crippen molar-refractivity contribution in [1.29, 1.82) is 0 Å². The Hall–Kier alpha value is -2.22. The van der Waals surface area contributed by atoms with Crippen molar-refractivity contribution < 1.29 is 12.9 Å². The van der Waals surface area contributed by atoms with Crippen molar-refractivity contribution in [3.63, 3.8) is 0 Å². The Morgan fingerprint density at radius 1 is 1.07 bits per heavy atom. The zero-order chi connectivity index (χ0) is 18.9. The van der Waals surface area contributed by atoms with Crippen molar-refractivity contribution in [2.45, 2.75) is 23.7 Å². The van der Waals surface area contributed by atoms with Gasteiger partial charge in [-0.15, -0.1) is 0 Å². The van der Waals surface area contributed by atoms with Crippen LogP contribution in [0.2, 0.25) is 5.02 Å². The van der Waals surface area contributed by atoms with Gasteiger partial charge in [-0.05, 0) is 49.2 Å². The molecular weight excluding hydrogens is 386 g/mol. The summed E-state index contributed by atoms with van der Waals surface area (Å²) in [7, 11) is -3.52. The van der Waals surface area contributed by atoms with E-state index in [1.54, 1.807) is 42.5 Å². The second kappa shape index (κ2) is 7.42. The van der Waals surface area contributed by atoms with Gasteiger partial charge in [-0.3, -0.25) is 0 Å². The fraction of sp³-hybridized carbons (Fsp3) is 0.263. The molecule has 0 amide bonds. The predicted molar refractivity (Wildman–Crippen MR) is 102 cm³/mol. The highest BCUT2D eigenvalue weighted by atomic mass is 35.5. The van der Waals surface area contributed by atoms with E-state index in [0.29, 0.717) is 34.7 Å². The van der Waals surface area contributed by atoms with Crippen LogP contribution in [0.5, 0.6) is 0 Å². The number of rotatable bonds is 4. The van der Waals surface area contributed by atoms with Crippen LogP contribution in [-0.2, 0) is 10.0 Å². The molecule has 1 fully saturated rings. The van der Waals surface area contributed by atoms with Crippen LogP contribution in [0.15, 0.2) is 64.0 Å². The van der Waals surface area contributed by atoms with Crippen LogP contribution in [0.4, 0.5) is 0 Å². The molecule has 0 radical (unpaired) electrons. The molecule has 2 heterocycles. The first kappa shape index (κ1) is 18.2. The summed E-state index contributed by atoms with van der Waals surface area (Å²) in [4.78, 5) is 4.78. The van der Waals surface area contributed by atoms with Crippen molar-refractivity contribution in [2.24, 2.45) is 0 Å². The lowest BCUT2D eigenvalue weighted by Crippen LogP contribution is -2.39. The minimum absolute atomic E-state index is 0.120. The summed E-state index contributed by atoms with van der Waals surface area (Å²) >= 11 is 5.91. The molecule has 1 atom stereocenters. The maximum absolute atomic E-state index is 12.9. The van der Waals surface area contributed by atoms with E-state index in [4.69, 9.17) is 16.1 Å². The quantitative estimate of drug-likeness (QED) is 0.659. The van der Waals surface area contributed by atoms with E-state index in [-0.39, 0.29) is 5.92 Å². The topological polar surface area (TPSA) is 76.3 Å². The molecule has 1 saturated heterocycles. The fourth-order valence-electron chi connectivity index (χ4n) is 3.22. The summed E-state index contributed by atoms with van der Waals surface area (Å²) in [6.45, 7) is 0.825. The van der Waals surface area contributed by atoms with Gasteiger partial charge in [-0.25, -0.2) is 8.42 Å². The normalized spacial score (nSPS) is 18.5. The molecule has 0 N–H and O–H groups in total. The molecule has 1 aromatic heterocycles. The van der Waals surface area contributed by atoms with Gasteiger partial charge >= 0.3 is 0 Å². The summed E-state index contributed by atoms with van der Waals surface area (Å²) in [6, 6.07) is 15.7. The van der Waals surface area contributed by atoms with Crippen LogP contribution >= 0.6 is 11.6 Å². The first-order valence-electron chi connectivity index (χ1n) is 8.69. The molecular formula is C19H18ClN3O3S. The maximum atomic E-state index is 12.9. The number of nitrogens with zero attached hydrogens (tertiary/aromatic N) is 3. The van der Waals surface area contributed by atoms with Crippen LogP contribution in [0, 0.1) is 0 Å². The summed E-state index contributed by atoms with van der Waals surface area (Å²) in [5.74, 6) is 0.823. The van der Waals surface area contributed by atoms with Gasteiger partial charge in [-0.1, -0.05) is 35.0 Å². The highest BCUT2D eigenvalue weighted by Gasteiger charge is 2.33. The largest absolute Gasteiger partial charge is 0.339 e. The molecule has 4 rings (SSSR count). The summed E-state index contributed by atoms with van der Waals surface area (Å²) < 4.78 is 32.7. The zero-order valence-electron chi connectivity index (χ0n) is 14.5. The van der Waals surface area contributed by atoms with Crippen LogP contribution in [0.1, 0.15) is 24.7 Å². The minimum atomic E-state index is -3.52. The van der Waals surface area contributed by atoms with Gasteiger partial charge in [0.15, 0.2) is 0 Å². The lowest BCUT2D eigenvalue weighted by atomic mass is 10.00. The van der Waals surface area contributed by atoms with Crippen LogP contribution in [0.25, 0.3) is 11.4 Å². The minimum Gasteiger partial charge on any atom is -0.339 e. The molecule has 3 aromatic rings. The third-order valence-electron chi connectivity index (χ3n) is 4.66. The molecule has 1 aliphatic rings. The van der Waals surface area contributed by atoms with E-state index in [1.165, 1.54) is 4.31 Å². The molecule has 1 aliphatic heterocycles. The van der Waals surface area contributed by atoms with Gasteiger partial charge in [0, 0.05) is 23.7 Å². The van der Waals surface area contributed by atoms with E-state index in [0.717, 1.165) is 18.4 Å². The Balaban J connectivity index is 1.55. The van der Waals surface area contributed by atoms with Gasteiger partial charge in [0.25, 0.3) is 0 Å². The first-order valence-corrected chi connectivity index (χ1v) is 10.5. The molecule has 2 aromatic carbocycles. The maximum Gasteiger partial charge on any atom is 0.243 e. The number of piperidine rings is 1. The summed E-state index contributed by atoms with van der Waals surface area (Å²) in [6.07, 6.45) is 1.55. The summed E-state index contributed by atoms with van der Waals surface area (Å²) in [5, 5.41) is 4.68. The highest BCUT2D eigenvalue weighted by Crippen LogP contribution is 2.30. The third-order valence-corrected chi connectivity index (χ3v) is 6.79. The summed E-state index contributed by atoms with van der Waals surface area (Å²) in [5.41, 5.74) is 0.805. The molecule has 0 bridgehead atoms. The number of benzene rings is 2. The molecule has 1 unspecified atom stereocenters. The van der Waals surface area contributed by atoms with E-state index in [9.17, 15) is 8.42 Å². The lowest BCUT2D eigenvalue weighted by molar-refractivity contribution is 0.265. The van der Waals surface area contributed by atoms with Crippen molar-refractivity contribution >= 4 is 21.6 Å². The number of halogens is 1. The van der Waals surface area contributed by atoms with Crippen molar-refractivity contribution in [3.8, 4) is 11.4 Å². The lowest BCUT2D eigenvalue weighted by Gasteiger charge is -2.30. The fourth-order valence-corrected chi connectivity index (χ4v) is 4.89. The number of hydrogen-bond acceptors (Lipinski definition) is 5. The SMILES string of the molecule is O=S(=O)(c1ccccc1)N1CCCC(c2nc(-c3ccc(Cl)cc3)no2)C1. The van der Waals surface area contributed by atoms with Crippen LogP contribution in [-0.4, -0.2) is 36.0 Å². The molecule has 6 nitrogen and oxygen atoms in total. The van der Waals surface area contributed by atoms with Crippen molar-refractivity contribution in [2.75, 3.05) is 13.1 Å². The van der Waals surface area contributed by atoms with Crippen molar-refractivity contribution in [1.82, 2.24) is 14.4 Å². The smallest absolute Gasteiger partial charge is 0.243 e. The predicted octanol–water partition coefficient (Wildman–Crippen LogP) is 3.96. The van der Waals surface area contributed by atoms with Crippen LogP contribution < -0.4 is 0 Å². The Labute approximate surface area is 162 Å². The molecule has 140 valence electrons. The Kier molecular flexibility index (Phi) is 4.99. The molecule has 27 heavy (non-hydrogen) atoms. The Morgan fingerprint density at radius 2 is 1.81 bits per heavy atom. The average molecular weight is 404 g/mol. The van der Waals surface area contributed by atoms with Gasteiger partial charge in [-0.2, -0.15) is 9.29 Å². The third kappa shape index (κ3) is 3.76. The number of hydrogen-bond donors (Lipinski definition) is 0. The van der Waals surface area contributed by atoms with Gasteiger partial charge in [0.05, 0.1) is 10.8 Å². The average Bonchev–Trinajstić information content (AvgIpc) is 3.20. The molecule has 0 aliphatic carbocycles. The molecule has 8 heteroatoms. The molecule has 0 spiro atoms. The zero-order valence-corrected chi connectivity index (χ0v) is 16.0. The monoisotopic (exact) mass is 403 g/mol. The van der Waals surface area contributed by atoms with E-state index < -0.39 is 10.0 Å². The van der Waals surface area contributed by atoms with Gasteiger partial charge in [0.1, 0.15) is 0 Å². The first-order chi connectivity index (χ1) is 13.0. The standard InChI is InChI=1S/C19H18ClN3O3S/c20-16-10-8-14(9-11-16)18-21-19(26-22-18)15-5-4-12-23(13-15)27(24,25)17-6-2-1-3-7-17/h1-3,6-11,15H,4-5,12-13H2. The molecule has 0 saturated carbocycles. The number of sulfonamides is 1. The van der Waals surface area contributed by atoms with E-state index in [2.05, 4.69) is 10.1 Å². The Bertz CT molecular complexity index is 1020. The van der Waals surface area contributed by atoms with Gasteiger partial charge in [0.2, 0.25) is 21.7 Å². The second-order valence-electron chi connectivity index (χ2n) is 6.48. The van der Waals surface area contributed by atoms with Gasteiger partial charge < -0.3 is 4.52 Å². The van der Waals surface area contributed by atoms with E-state index in [1.807, 2.05) is 12.1 Å². The van der Waals surface area contributed by atoms with Crippen LogP contribution in [0.3, 0.4) is 0 Å². The number of aromatic nitrogens is 2. The van der Waals surface area contributed by atoms with E-state index >= 15 is 0 Å². The van der Waals surface area contributed by atoms with Crippen molar-refractivity contribution in [3.05, 3.63) is 65.5 Å². The highest BCUT2D eigenvalue weighted by molar-refractivity contribution is 7.89.